The summed E-state index contributed by atoms with van der Waals surface area (Å²) in [5, 5.41) is 10.0. The summed E-state index contributed by atoms with van der Waals surface area (Å²) in [6.45, 7) is 6.52. The van der Waals surface area contributed by atoms with Gasteiger partial charge in [0.1, 0.15) is 5.60 Å². The van der Waals surface area contributed by atoms with Crippen molar-refractivity contribution in [2.24, 2.45) is 0 Å². The van der Waals surface area contributed by atoms with Gasteiger partial charge in [0.25, 0.3) is 0 Å². The average molecular weight is 351 g/mol. The van der Waals surface area contributed by atoms with E-state index in [-0.39, 0.29) is 17.6 Å². The molecule has 1 aromatic carbocycles. The highest BCUT2D eigenvalue weighted by Gasteiger charge is 2.35. The molecule has 2 rings (SSSR count). The fraction of sp³-hybridized carbons (Fsp3) is 0.556. The van der Waals surface area contributed by atoms with E-state index in [1.807, 2.05) is 20.8 Å². The van der Waals surface area contributed by atoms with Gasteiger partial charge in [-0.1, -0.05) is 6.07 Å². The number of hydrogen-bond donors (Lipinski definition) is 1. The van der Waals surface area contributed by atoms with E-state index in [0.29, 0.717) is 18.7 Å². The van der Waals surface area contributed by atoms with Crippen LogP contribution in [-0.4, -0.2) is 55.0 Å². The second-order valence-electron chi connectivity index (χ2n) is 7.01. The van der Waals surface area contributed by atoms with Gasteiger partial charge in [-0.2, -0.15) is 0 Å². The van der Waals surface area contributed by atoms with Gasteiger partial charge in [-0.25, -0.2) is 9.59 Å². The zero-order valence-corrected chi connectivity index (χ0v) is 15.2. The Morgan fingerprint density at radius 1 is 1.24 bits per heavy atom. The normalized spacial score (nSPS) is 16.2. The predicted octanol–water partition coefficient (Wildman–Crippen LogP) is 2.44. The number of rotatable bonds is 4. The van der Waals surface area contributed by atoms with Gasteiger partial charge in [0.05, 0.1) is 12.7 Å². The molecule has 1 heterocycles. The Hall–Kier alpha value is -2.12. The third-order valence-electron chi connectivity index (χ3n) is 3.97. The smallest absolute Gasteiger partial charge is 0.410 e. The lowest BCUT2D eigenvalue weighted by molar-refractivity contribution is -0.0776. The first-order valence-electron chi connectivity index (χ1n) is 8.07. The topological polar surface area (TPSA) is 85.3 Å². The lowest BCUT2D eigenvalue weighted by atomic mass is 9.89. The number of likely N-dealkylation sites (tertiary alicyclic amines) is 1. The molecular weight excluding hydrogens is 326 g/mol. The minimum Gasteiger partial charge on any atom is -0.465 e. The van der Waals surface area contributed by atoms with Crippen molar-refractivity contribution in [2.45, 2.75) is 38.6 Å². The van der Waals surface area contributed by atoms with Gasteiger partial charge < -0.3 is 24.2 Å². The van der Waals surface area contributed by atoms with Crippen molar-refractivity contribution < 1.29 is 28.9 Å². The Morgan fingerprint density at radius 3 is 2.40 bits per heavy atom. The number of aliphatic hydroxyl groups excluding tert-OH is 1. The molecule has 0 radical (unpaired) electrons. The quantitative estimate of drug-likeness (QED) is 0.662. The number of esters is 1. The molecular formula is C18H25NO6. The minimum absolute atomic E-state index is 0.113. The SMILES string of the molecule is COC(=O)c1ccc(C2CN(C(=O)OC(C)(C)C)C2)cc1C(O)OC. The monoisotopic (exact) mass is 351 g/mol. The van der Waals surface area contributed by atoms with E-state index < -0.39 is 17.9 Å². The van der Waals surface area contributed by atoms with Gasteiger partial charge in [-0.05, 0) is 38.5 Å². The van der Waals surface area contributed by atoms with Gasteiger partial charge in [0, 0.05) is 31.7 Å². The predicted molar refractivity (Wildman–Crippen MR) is 90.3 cm³/mol. The number of hydrogen-bond acceptors (Lipinski definition) is 6. The zero-order valence-electron chi connectivity index (χ0n) is 15.2. The van der Waals surface area contributed by atoms with Crippen LogP contribution < -0.4 is 0 Å². The second kappa shape index (κ2) is 7.41. The molecule has 7 heteroatoms. The highest BCUT2D eigenvalue weighted by atomic mass is 16.6. The molecule has 0 saturated carbocycles. The summed E-state index contributed by atoms with van der Waals surface area (Å²) in [6, 6.07) is 5.13. The Morgan fingerprint density at radius 2 is 1.88 bits per heavy atom. The molecule has 1 aromatic rings. The lowest BCUT2D eigenvalue weighted by Crippen LogP contribution is -2.50. The Labute approximate surface area is 147 Å². The van der Waals surface area contributed by atoms with E-state index in [1.165, 1.54) is 14.2 Å². The highest BCUT2D eigenvalue weighted by Crippen LogP contribution is 2.31. The standard InChI is InChI=1S/C18H25NO6/c1-18(2,3)25-17(22)19-9-12(10-19)11-6-7-13(15(20)23-4)14(8-11)16(21)24-5/h6-8,12,16,21H,9-10H2,1-5H3. The molecule has 7 nitrogen and oxygen atoms in total. The molecule has 1 fully saturated rings. The average Bonchev–Trinajstić information content (AvgIpc) is 2.50. The summed E-state index contributed by atoms with van der Waals surface area (Å²) in [5.41, 5.74) is 0.991. The number of methoxy groups -OCH3 is 2. The van der Waals surface area contributed by atoms with Gasteiger partial charge in [0.2, 0.25) is 0 Å². The van der Waals surface area contributed by atoms with Crippen LogP contribution in [-0.2, 0) is 14.2 Å². The van der Waals surface area contributed by atoms with Gasteiger partial charge >= 0.3 is 12.1 Å². The molecule has 138 valence electrons. The second-order valence-corrected chi connectivity index (χ2v) is 7.01. The molecule has 1 amide bonds. The first kappa shape index (κ1) is 19.2. The Bertz CT molecular complexity index is 645. The van der Waals surface area contributed by atoms with Crippen molar-refractivity contribution in [3.05, 3.63) is 34.9 Å². The zero-order chi connectivity index (χ0) is 18.8. The van der Waals surface area contributed by atoms with Crippen molar-refractivity contribution in [1.82, 2.24) is 4.90 Å². The van der Waals surface area contributed by atoms with Gasteiger partial charge in [-0.15, -0.1) is 0 Å². The summed E-state index contributed by atoms with van der Waals surface area (Å²) in [4.78, 5) is 25.5. The minimum atomic E-state index is -1.23. The van der Waals surface area contributed by atoms with Crippen molar-refractivity contribution in [1.29, 1.82) is 0 Å². The molecule has 0 aromatic heterocycles. The van der Waals surface area contributed by atoms with Crippen LogP contribution in [0.15, 0.2) is 18.2 Å². The lowest BCUT2D eigenvalue weighted by Gasteiger charge is -2.40. The van der Waals surface area contributed by atoms with Crippen LogP contribution in [0.5, 0.6) is 0 Å². The van der Waals surface area contributed by atoms with Crippen LogP contribution in [0.25, 0.3) is 0 Å². The molecule has 0 spiro atoms. The number of carbonyl (C=O) groups excluding carboxylic acids is 2. The summed E-state index contributed by atoms with van der Waals surface area (Å²) in [6.07, 6.45) is -1.57. The molecule has 1 N–H and O–H groups in total. The summed E-state index contributed by atoms with van der Waals surface area (Å²) in [7, 11) is 2.63. The van der Waals surface area contributed by atoms with Crippen molar-refractivity contribution in [2.75, 3.05) is 27.3 Å². The van der Waals surface area contributed by atoms with Gasteiger partial charge in [-0.3, -0.25) is 0 Å². The summed E-state index contributed by atoms with van der Waals surface area (Å²) >= 11 is 0. The van der Waals surface area contributed by atoms with Crippen LogP contribution in [0.2, 0.25) is 0 Å². The van der Waals surface area contributed by atoms with E-state index in [0.717, 1.165) is 5.56 Å². The van der Waals surface area contributed by atoms with Crippen LogP contribution in [0.4, 0.5) is 4.79 Å². The van der Waals surface area contributed by atoms with Crippen molar-refractivity contribution in [3.63, 3.8) is 0 Å². The third kappa shape index (κ3) is 4.49. The summed E-state index contributed by atoms with van der Waals surface area (Å²) < 4.78 is 15.0. The molecule has 0 aliphatic carbocycles. The number of carbonyl (C=O) groups is 2. The maximum atomic E-state index is 12.0. The molecule has 1 atom stereocenters. The van der Waals surface area contributed by atoms with E-state index in [1.54, 1.807) is 23.1 Å². The molecule has 25 heavy (non-hydrogen) atoms. The van der Waals surface area contributed by atoms with Crippen LogP contribution in [0.3, 0.4) is 0 Å². The number of nitrogens with zero attached hydrogens (tertiary/aromatic N) is 1. The third-order valence-corrected chi connectivity index (χ3v) is 3.97. The van der Waals surface area contributed by atoms with E-state index >= 15 is 0 Å². The van der Waals surface area contributed by atoms with Crippen LogP contribution in [0.1, 0.15) is 54.5 Å². The van der Waals surface area contributed by atoms with Crippen molar-refractivity contribution in [3.8, 4) is 0 Å². The Balaban J connectivity index is 2.12. The van der Waals surface area contributed by atoms with E-state index in [9.17, 15) is 14.7 Å². The number of aliphatic hydroxyl groups is 1. The van der Waals surface area contributed by atoms with Gasteiger partial charge in [0.15, 0.2) is 6.29 Å². The molecule has 1 unspecified atom stereocenters. The highest BCUT2D eigenvalue weighted by molar-refractivity contribution is 5.91. The molecule has 1 aliphatic rings. The van der Waals surface area contributed by atoms with Crippen molar-refractivity contribution >= 4 is 12.1 Å². The number of benzene rings is 1. The first-order valence-corrected chi connectivity index (χ1v) is 8.07. The summed E-state index contributed by atoms with van der Waals surface area (Å²) in [5.74, 6) is -0.427. The first-order chi connectivity index (χ1) is 11.7. The molecule has 1 saturated heterocycles. The van der Waals surface area contributed by atoms with E-state index in [4.69, 9.17) is 14.2 Å². The number of ether oxygens (including phenoxy) is 3. The molecule has 0 bridgehead atoms. The Kier molecular flexibility index (Phi) is 5.69. The van der Waals surface area contributed by atoms with Crippen LogP contribution in [0, 0.1) is 0 Å². The van der Waals surface area contributed by atoms with Crippen LogP contribution >= 0.6 is 0 Å². The fourth-order valence-corrected chi connectivity index (χ4v) is 2.63. The molecule has 1 aliphatic heterocycles. The maximum Gasteiger partial charge on any atom is 0.410 e. The maximum absolute atomic E-state index is 12.0. The fourth-order valence-electron chi connectivity index (χ4n) is 2.63. The largest absolute Gasteiger partial charge is 0.465 e. The van der Waals surface area contributed by atoms with E-state index in [2.05, 4.69) is 0 Å². The number of amides is 1.